The van der Waals surface area contributed by atoms with Gasteiger partial charge in [-0.2, -0.15) is 5.26 Å². The van der Waals surface area contributed by atoms with Gasteiger partial charge in [-0.25, -0.2) is 0 Å². The molecule has 6 heteroatoms. The number of aliphatic hydroxyl groups is 1. The lowest BCUT2D eigenvalue weighted by molar-refractivity contribution is -0.118. The van der Waals surface area contributed by atoms with Crippen LogP contribution in [-0.2, 0) is 11.2 Å². The van der Waals surface area contributed by atoms with Crippen molar-refractivity contribution in [2.45, 2.75) is 52.9 Å². The molecule has 0 spiro atoms. The highest BCUT2D eigenvalue weighted by atomic mass is 16.5. The van der Waals surface area contributed by atoms with E-state index >= 15 is 0 Å². The number of nitrogens with zero attached hydrogens (tertiary/aromatic N) is 2. The van der Waals surface area contributed by atoms with E-state index in [2.05, 4.69) is 39.0 Å². The quantitative estimate of drug-likeness (QED) is 0.633. The van der Waals surface area contributed by atoms with Gasteiger partial charge in [-0.1, -0.05) is 45.0 Å². The van der Waals surface area contributed by atoms with Crippen molar-refractivity contribution in [2.75, 3.05) is 18.6 Å². The highest BCUT2D eigenvalue weighted by molar-refractivity contribution is 6.01. The molecule has 1 unspecified atom stereocenters. The van der Waals surface area contributed by atoms with Crippen LogP contribution in [0.25, 0.3) is 0 Å². The first kappa shape index (κ1) is 26.1. The zero-order valence-corrected chi connectivity index (χ0v) is 21.3. The molecule has 0 fully saturated rings. The maximum absolute atomic E-state index is 13.5. The minimum absolute atomic E-state index is 0.0829. The fourth-order valence-corrected chi connectivity index (χ4v) is 4.81. The van der Waals surface area contributed by atoms with E-state index in [1.807, 2.05) is 41.3 Å². The van der Waals surface area contributed by atoms with Crippen molar-refractivity contribution >= 4 is 11.5 Å². The number of hydrogen-bond donors (Lipinski definition) is 2. The molecule has 0 saturated heterocycles. The van der Waals surface area contributed by atoms with Crippen LogP contribution in [-0.4, -0.2) is 24.6 Å². The monoisotopic (exact) mass is 473 g/mol. The molecular weight excluding hydrogens is 438 g/mol. The largest absolute Gasteiger partial charge is 0.497 e. The molecule has 0 saturated carbocycles. The van der Waals surface area contributed by atoms with Crippen LogP contribution in [0.2, 0.25) is 0 Å². The summed E-state index contributed by atoms with van der Waals surface area (Å²) in [4.78, 5) is 15.4. The van der Waals surface area contributed by atoms with Crippen molar-refractivity contribution in [3.05, 3.63) is 82.3 Å². The summed E-state index contributed by atoms with van der Waals surface area (Å²) in [6, 6.07) is 18.0. The fraction of sp³-hybridized carbons (Fsp3) is 0.379. The number of methoxy groups -OCH3 is 1. The first-order valence-electron chi connectivity index (χ1n) is 12.0. The Balaban J connectivity index is 0.00000108. The second-order valence-electron chi connectivity index (χ2n) is 9.59. The summed E-state index contributed by atoms with van der Waals surface area (Å²) in [6.07, 6.45) is 2.08. The lowest BCUT2D eigenvalue weighted by Gasteiger charge is -2.43. The number of aliphatic hydroxyl groups excluding tert-OH is 1. The number of allylic oxidation sites excluding steroid dienone is 3. The third-order valence-corrected chi connectivity index (χ3v) is 6.43. The Bertz CT molecular complexity index is 1170. The van der Waals surface area contributed by atoms with E-state index in [0.29, 0.717) is 29.8 Å². The number of benzene rings is 2. The van der Waals surface area contributed by atoms with Gasteiger partial charge >= 0.3 is 0 Å². The van der Waals surface area contributed by atoms with E-state index < -0.39 is 5.92 Å². The maximum atomic E-state index is 13.5. The van der Waals surface area contributed by atoms with Gasteiger partial charge in [-0.15, -0.1) is 0 Å². The number of hydrogen-bond acceptors (Lipinski definition) is 6. The average molecular weight is 474 g/mol. The van der Waals surface area contributed by atoms with Crippen molar-refractivity contribution < 1.29 is 14.6 Å². The zero-order chi connectivity index (χ0) is 25.8. The summed E-state index contributed by atoms with van der Waals surface area (Å²) in [5.41, 5.74) is 11.4. The molecule has 2 aromatic carbocycles. The van der Waals surface area contributed by atoms with Crippen LogP contribution in [0, 0.1) is 16.7 Å². The number of carbonyl (C=O) groups excluding carboxylic acids is 1. The normalized spacial score (nSPS) is 18.9. The number of anilines is 1. The van der Waals surface area contributed by atoms with Gasteiger partial charge in [0.2, 0.25) is 0 Å². The van der Waals surface area contributed by atoms with Crippen molar-refractivity contribution in [3.63, 3.8) is 0 Å². The number of Topliss-reactive ketones (excluding diaryl/α,β-unsaturated/α-hetero) is 1. The summed E-state index contributed by atoms with van der Waals surface area (Å²) in [5, 5.41) is 17.7. The van der Waals surface area contributed by atoms with E-state index in [1.165, 1.54) is 5.56 Å². The second kappa shape index (κ2) is 10.8. The van der Waals surface area contributed by atoms with Crippen LogP contribution in [0.1, 0.15) is 57.6 Å². The number of ether oxygens (including phenoxy) is 1. The molecule has 0 bridgehead atoms. The molecule has 0 radical (unpaired) electrons. The van der Waals surface area contributed by atoms with Gasteiger partial charge in [0, 0.05) is 30.0 Å². The Morgan fingerprint density at radius 1 is 1.11 bits per heavy atom. The highest BCUT2D eigenvalue weighted by Gasteiger charge is 2.44. The number of nitrogens with two attached hydrogens (primary N) is 1. The number of nitriles is 1. The summed E-state index contributed by atoms with van der Waals surface area (Å²) >= 11 is 0. The first-order valence-corrected chi connectivity index (χ1v) is 12.0. The smallest absolute Gasteiger partial charge is 0.162 e. The molecule has 1 heterocycles. The third kappa shape index (κ3) is 5.26. The minimum Gasteiger partial charge on any atom is -0.497 e. The molecule has 0 aromatic heterocycles. The number of carbonyl (C=O) groups is 1. The maximum Gasteiger partial charge on any atom is 0.162 e. The molecular formula is C29H35N3O3. The predicted molar refractivity (Wildman–Crippen MR) is 139 cm³/mol. The standard InChI is InChI=1S/C27H29N3O2.C2H6O/c1-5-17-6-8-18(9-7-17)24-21(16-28)26(29)30(19-10-12-20(32-4)13-11-19)22-14-27(2,3)15-23(31)25(22)24;1-2-3/h6-13,24H,5,14-15,29H2,1-4H3;3H,2H2,1H3. The van der Waals surface area contributed by atoms with Gasteiger partial charge < -0.3 is 15.6 Å². The Morgan fingerprint density at radius 3 is 2.23 bits per heavy atom. The van der Waals surface area contributed by atoms with Gasteiger partial charge in [-0.05, 0) is 60.6 Å². The van der Waals surface area contributed by atoms with E-state index in [1.54, 1.807) is 14.0 Å². The van der Waals surface area contributed by atoms with Gasteiger partial charge in [0.1, 0.15) is 11.6 Å². The second-order valence-corrected chi connectivity index (χ2v) is 9.59. The van der Waals surface area contributed by atoms with Gasteiger partial charge in [0.05, 0.1) is 24.7 Å². The number of aryl methyl sites for hydroxylation is 1. The third-order valence-electron chi connectivity index (χ3n) is 6.43. The van der Waals surface area contributed by atoms with Crippen LogP contribution in [0.3, 0.4) is 0 Å². The van der Waals surface area contributed by atoms with Crippen molar-refractivity contribution in [1.82, 2.24) is 0 Å². The highest BCUT2D eigenvalue weighted by Crippen LogP contribution is 2.50. The predicted octanol–water partition coefficient (Wildman–Crippen LogP) is 5.20. The Hall–Kier alpha value is -3.56. The minimum atomic E-state index is -0.445. The average Bonchev–Trinajstić information content (AvgIpc) is 2.83. The molecule has 184 valence electrons. The van der Waals surface area contributed by atoms with E-state index in [0.717, 1.165) is 29.1 Å². The first-order chi connectivity index (χ1) is 16.7. The molecule has 1 atom stereocenters. The topological polar surface area (TPSA) is 99.6 Å². The summed E-state index contributed by atoms with van der Waals surface area (Å²) in [7, 11) is 1.62. The summed E-state index contributed by atoms with van der Waals surface area (Å²) < 4.78 is 5.30. The Kier molecular flexibility index (Phi) is 8.03. The van der Waals surface area contributed by atoms with Crippen LogP contribution < -0.4 is 15.4 Å². The summed E-state index contributed by atoms with van der Waals surface area (Å²) in [6.45, 7) is 8.24. The van der Waals surface area contributed by atoms with Gasteiger partial charge in [0.15, 0.2) is 5.78 Å². The molecule has 1 aliphatic heterocycles. The zero-order valence-electron chi connectivity index (χ0n) is 21.3. The lowest BCUT2D eigenvalue weighted by atomic mass is 9.68. The van der Waals surface area contributed by atoms with Crippen LogP contribution in [0.5, 0.6) is 5.75 Å². The number of ketones is 1. The Morgan fingerprint density at radius 2 is 1.71 bits per heavy atom. The number of rotatable bonds is 4. The molecule has 0 amide bonds. The molecule has 1 aliphatic carbocycles. The van der Waals surface area contributed by atoms with Crippen molar-refractivity contribution in [1.29, 1.82) is 5.26 Å². The van der Waals surface area contributed by atoms with E-state index in [-0.39, 0.29) is 17.8 Å². The van der Waals surface area contributed by atoms with Crippen molar-refractivity contribution in [3.8, 4) is 11.8 Å². The van der Waals surface area contributed by atoms with Crippen LogP contribution in [0.4, 0.5) is 5.69 Å². The summed E-state index contributed by atoms with van der Waals surface area (Å²) in [5.74, 6) is 0.752. The van der Waals surface area contributed by atoms with Crippen molar-refractivity contribution in [2.24, 2.45) is 11.1 Å². The molecule has 6 nitrogen and oxygen atoms in total. The molecule has 3 N–H and O–H groups in total. The van der Waals surface area contributed by atoms with Crippen LogP contribution in [0.15, 0.2) is 71.2 Å². The molecule has 2 aromatic rings. The van der Waals surface area contributed by atoms with Gasteiger partial charge in [-0.3, -0.25) is 9.69 Å². The molecule has 35 heavy (non-hydrogen) atoms. The lowest BCUT2D eigenvalue weighted by Crippen LogP contribution is -2.42. The van der Waals surface area contributed by atoms with E-state index in [9.17, 15) is 10.1 Å². The SMILES string of the molecule is CCO.CCc1ccc(C2C(C#N)=C(N)N(c3ccc(OC)cc3)C3=C2C(=O)CC(C)(C)C3)cc1. The van der Waals surface area contributed by atoms with E-state index in [4.69, 9.17) is 15.6 Å². The van der Waals surface area contributed by atoms with Gasteiger partial charge in [0.25, 0.3) is 0 Å². The van der Waals surface area contributed by atoms with Crippen LogP contribution >= 0.6 is 0 Å². The fourth-order valence-electron chi connectivity index (χ4n) is 4.81. The molecule has 4 rings (SSSR count). The Labute approximate surface area is 208 Å². The molecule has 2 aliphatic rings.